The summed E-state index contributed by atoms with van der Waals surface area (Å²) in [6.07, 6.45) is 6.56. The highest BCUT2D eigenvalue weighted by Gasteiger charge is 2.20. The first-order valence-electron chi connectivity index (χ1n) is 8.25. The lowest BCUT2D eigenvalue weighted by atomic mass is 9.84. The van der Waals surface area contributed by atoms with E-state index in [0.29, 0.717) is 5.92 Å². The van der Waals surface area contributed by atoms with Crippen molar-refractivity contribution in [2.45, 2.75) is 58.0 Å². The Labute approximate surface area is 132 Å². The smallest absolute Gasteiger partial charge is 0.144 e. The van der Waals surface area contributed by atoms with Crippen LogP contribution in [0.1, 0.15) is 57.4 Å². The van der Waals surface area contributed by atoms with Gasteiger partial charge in [-0.25, -0.2) is 10.8 Å². The number of nitrogens with two attached hydrogens (primary N) is 1. The number of anilines is 1. The van der Waals surface area contributed by atoms with E-state index in [0.717, 1.165) is 22.5 Å². The molecule has 22 heavy (non-hydrogen) atoms. The molecule has 1 aliphatic rings. The van der Waals surface area contributed by atoms with Crippen molar-refractivity contribution in [3.8, 4) is 5.75 Å². The second-order valence-electron chi connectivity index (χ2n) is 6.43. The average Bonchev–Trinajstić information content (AvgIpc) is 2.54. The van der Waals surface area contributed by atoms with E-state index in [-0.39, 0.29) is 6.10 Å². The zero-order valence-electron chi connectivity index (χ0n) is 13.4. The van der Waals surface area contributed by atoms with Crippen molar-refractivity contribution in [2.24, 2.45) is 5.84 Å². The van der Waals surface area contributed by atoms with Crippen LogP contribution in [0, 0.1) is 0 Å². The summed E-state index contributed by atoms with van der Waals surface area (Å²) < 4.78 is 5.80. The molecule has 3 N–H and O–H groups in total. The summed E-state index contributed by atoms with van der Waals surface area (Å²) in [6, 6.07) is 8.28. The van der Waals surface area contributed by atoms with Gasteiger partial charge < -0.3 is 10.2 Å². The molecule has 1 aromatic heterocycles. The number of benzene rings is 1. The third kappa shape index (κ3) is 3.17. The van der Waals surface area contributed by atoms with E-state index in [1.807, 2.05) is 26.0 Å². The van der Waals surface area contributed by atoms with Crippen LogP contribution in [0.2, 0.25) is 0 Å². The minimum Gasteiger partial charge on any atom is -0.491 e. The van der Waals surface area contributed by atoms with Crippen LogP contribution in [0.5, 0.6) is 5.75 Å². The molecule has 0 bridgehead atoms. The summed E-state index contributed by atoms with van der Waals surface area (Å²) in [6.45, 7) is 4.08. The number of ether oxygens (including phenoxy) is 1. The average molecular weight is 299 g/mol. The number of hydrazine groups is 1. The van der Waals surface area contributed by atoms with Gasteiger partial charge in [-0.05, 0) is 62.4 Å². The number of nitrogens with zero attached hydrogens (tertiary/aromatic N) is 1. The summed E-state index contributed by atoms with van der Waals surface area (Å²) in [5.41, 5.74) is 4.98. The molecule has 0 unspecified atom stereocenters. The molecule has 0 atom stereocenters. The Balaban J connectivity index is 2.01. The molecule has 0 aliphatic heterocycles. The van der Waals surface area contributed by atoms with Crippen molar-refractivity contribution < 1.29 is 4.74 Å². The lowest BCUT2D eigenvalue weighted by molar-refractivity contribution is 0.243. The minimum atomic E-state index is 0.174. The van der Waals surface area contributed by atoms with Crippen LogP contribution in [0.25, 0.3) is 10.9 Å². The molecular formula is C18H25N3O. The first-order chi connectivity index (χ1) is 10.7. The van der Waals surface area contributed by atoms with Crippen LogP contribution in [0.15, 0.2) is 24.3 Å². The van der Waals surface area contributed by atoms with Gasteiger partial charge in [0.1, 0.15) is 11.6 Å². The van der Waals surface area contributed by atoms with Gasteiger partial charge in [-0.1, -0.05) is 19.3 Å². The largest absolute Gasteiger partial charge is 0.491 e. The van der Waals surface area contributed by atoms with Crippen molar-refractivity contribution in [1.29, 1.82) is 0 Å². The van der Waals surface area contributed by atoms with Gasteiger partial charge in [0, 0.05) is 5.39 Å². The monoisotopic (exact) mass is 299 g/mol. The molecule has 1 saturated carbocycles. The molecule has 0 radical (unpaired) electrons. The van der Waals surface area contributed by atoms with Gasteiger partial charge in [0.05, 0.1) is 11.6 Å². The van der Waals surface area contributed by atoms with Crippen LogP contribution in [-0.2, 0) is 0 Å². The molecule has 1 aliphatic carbocycles. The zero-order chi connectivity index (χ0) is 15.5. The SMILES string of the molecule is CC(C)Oc1ccc2nc(NN)c(C3CCCCC3)cc2c1. The van der Waals surface area contributed by atoms with E-state index in [4.69, 9.17) is 15.6 Å². The minimum absolute atomic E-state index is 0.174. The number of rotatable bonds is 4. The molecule has 0 spiro atoms. The van der Waals surface area contributed by atoms with Crippen molar-refractivity contribution in [2.75, 3.05) is 5.43 Å². The van der Waals surface area contributed by atoms with Gasteiger partial charge in [-0.2, -0.15) is 0 Å². The van der Waals surface area contributed by atoms with Crippen LogP contribution >= 0.6 is 0 Å². The topological polar surface area (TPSA) is 60.2 Å². The Morgan fingerprint density at radius 3 is 2.64 bits per heavy atom. The van der Waals surface area contributed by atoms with Gasteiger partial charge in [0.25, 0.3) is 0 Å². The number of fused-ring (bicyclic) bond motifs is 1. The quantitative estimate of drug-likeness (QED) is 0.650. The maximum absolute atomic E-state index is 5.80. The molecule has 0 amide bonds. The molecule has 2 aromatic rings. The maximum Gasteiger partial charge on any atom is 0.144 e. The van der Waals surface area contributed by atoms with E-state index in [1.165, 1.54) is 37.7 Å². The molecule has 3 rings (SSSR count). The predicted molar refractivity (Wildman–Crippen MR) is 91.1 cm³/mol. The van der Waals surface area contributed by atoms with Crippen LogP contribution in [0.4, 0.5) is 5.82 Å². The second-order valence-corrected chi connectivity index (χ2v) is 6.43. The second kappa shape index (κ2) is 6.53. The number of hydrogen-bond donors (Lipinski definition) is 2. The van der Waals surface area contributed by atoms with Gasteiger partial charge in [0.2, 0.25) is 0 Å². The lowest BCUT2D eigenvalue weighted by Crippen LogP contribution is -2.14. The first kappa shape index (κ1) is 15.1. The lowest BCUT2D eigenvalue weighted by Gasteiger charge is -2.24. The fourth-order valence-electron chi connectivity index (χ4n) is 3.36. The van der Waals surface area contributed by atoms with E-state index in [2.05, 4.69) is 17.6 Å². The van der Waals surface area contributed by atoms with Crippen molar-refractivity contribution >= 4 is 16.7 Å². The van der Waals surface area contributed by atoms with E-state index in [9.17, 15) is 0 Å². The number of aromatic nitrogens is 1. The molecule has 4 nitrogen and oxygen atoms in total. The third-order valence-electron chi connectivity index (χ3n) is 4.37. The molecule has 118 valence electrons. The highest BCUT2D eigenvalue weighted by molar-refractivity contribution is 5.83. The van der Waals surface area contributed by atoms with E-state index >= 15 is 0 Å². The first-order valence-corrected chi connectivity index (χ1v) is 8.25. The number of hydrogen-bond acceptors (Lipinski definition) is 4. The number of nitrogens with one attached hydrogen (secondary N) is 1. The Hall–Kier alpha value is -1.81. The summed E-state index contributed by atoms with van der Waals surface area (Å²) >= 11 is 0. The Morgan fingerprint density at radius 1 is 1.18 bits per heavy atom. The molecule has 0 saturated heterocycles. The van der Waals surface area contributed by atoms with Crippen molar-refractivity contribution in [1.82, 2.24) is 4.98 Å². The van der Waals surface area contributed by atoms with Crippen molar-refractivity contribution in [3.05, 3.63) is 29.8 Å². The molecule has 1 fully saturated rings. The number of pyridine rings is 1. The fraction of sp³-hybridized carbons (Fsp3) is 0.500. The highest BCUT2D eigenvalue weighted by Crippen LogP contribution is 2.37. The Morgan fingerprint density at radius 2 is 1.95 bits per heavy atom. The van der Waals surface area contributed by atoms with Crippen LogP contribution in [0.3, 0.4) is 0 Å². The van der Waals surface area contributed by atoms with Crippen LogP contribution < -0.4 is 16.0 Å². The summed E-state index contributed by atoms with van der Waals surface area (Å²) in [4.78, 5) is 4.70. The van der Waals surface area contributed by atoms with Crippen molar-refractivity contribution in [3.63, 3.8) is 0 Å². The van der Waals surface area contributed by atoms with E-state index in [1.54, 1.807) is 0 Å². The molecular weight excluding hydrogens is 274 g/mol. The number of nitrogen functional groups attached to an aromatic ring is 1. The zero-order valence-corrected chi connectivity index (χ0v) is 13.4. The Bertz CT molecular complexity index is 648. The Kier molecular flexibility index (Phi) is 4.48. The standard InChI is InChI=1S/C18H25N3O/c1-12(2)22-15-8-9-17-14(10-15)11-16(18(20-17)21-19)13-6-4-3-5-7-13/h8-13H,3-7,19H2,1-2H3,(H,20,21). The summed E-state index contributed by atoms with van der Waals surface area (Å²) in [7, 11) is 0. The van der Waals surface area contributed by atoms with Crippen LogP contribution in [-0.4, -0.2) is 11.1 Å². The van der Waals surface area contributed by atoms with E-state index < -0.39 is 0 Å². The van der Waals surface area contributed by atoms with Gasteiger partial charge in [-0.3, -0.25) is 0 Å². The summed E-state index contributed by atoms with van der Waals surface area (Å²) in [5, 5.41) is 1.12. The molecule has 4 heteroatoms. The third-order valence-corrected chi connectivity index (χ3v) is 4.37. The van der Waals surface area contributed by atoms with Gasteiger partial charge in [0.15, 0.2) is 0 Å². The molecule has 1 heterocycles. The summed E-state index contributed by atoms with van der Waals surface area (Å²) in [5.74, 6) is 7.98. The van der Waals surface area contributed by atoms with Gasteiger partial charge >= 0.3 is 0 Å². The van der Waals surface area contributed by atoms with Gasteiger partial charge in [-0.15, -0.1) is 0 Å². The fourth-order valence-corrected chi connectivity index (χ4v) is 3.36. The predicted octanol–water partition coefficient (Wildman–Crippen LogP) is 4.36. The normalized spacial score (nSPS) is 16.2. The molecule has 1 aromatic carbocycles. The maximum atomic E-state index is 5.80. The highest BCUT2D eigenvalue weighted by atomic mass is 16.5.